The molecule has 0 atom stereocenters. The van der Waals surface area contributed by atoms with Crippen molar-refractivity contribution in [2.75, 3.05) is 13.7 Å². The van der Waals surface area contributed by atoms with E-state index < -0.39 is 21.1 Å². The summed E-state index contributed by atoms with van der Waals surface area (Å²) in [5.41, 5.74) is 0.349. The summed E-state index contributed by atoms with van der Waals surface area (Å²) in [7, 11) is -3.47. The van der Waals surface area contributed by atoms with Crippen LogP contribution in [-0.2, 0) is 26.3 Å². The van der Waals surface area contributed by atoms with Gasteiger partial charge in [-0.1, -0.05) is 0 Å². The zero-order valence-corrected chi connectivity index (χ0v) is 10.8. The Balaban J connectivity index is 3.26. The Hall–Kier alpha value is -1.47. The summed E-state index contributed by atoms with van der Waals surface area (Å²) in [4.78, 5) is 10.9. The van der Waals surface area contributed by atoms with Gasteiger partial charge < -0.3 is 9.47 Å². The molecule has 0 bridgehead atoms. The fraction of sp³-hybridized carbons (Fsp3) is 0.364. The molecule has 0 unspecified atom stereocenters. The van der Waals surface area contributed by atoms with Crippen molar-refractivity contribution >= 4 is 16.2 Å². The summed E-state index contributed by atoms with van der Waals surface area (Å²) in [6.07, 6.45) is 0. The second-order valence-electron chi connectivity index (χ2n) is 3.46. The van der Waals surface area contributed by atoms with Crippen molar-refractivity contribution in [2.45, 2.75) is 18.4 Å². The Bertz CT molecular complexity index is 538. The number of benzene rings is 1. The van der Waals surface area contributed by atoms with Crippen LogP contribution in [0.3, 0.4) is 0 Å². The van der Waals surface area contributed by atoms with Gasteiger partial charge in [0.2, 0.25) is 0 Å². The van der Waals surface area contributed by atoms with Crippen molar-refractivity contribution in [3.63, 3.8) is 0 Å². The van der Waals surface area contributed by atoms with Crippen molar-refractivity contribution in [1.82, 2.24) is 0 Å². The predicted molar refractivity (Wildman–Crippen MR) is 61.4 cm³/mol. The van der Waals surface area contributed by atoms with Crippen LogP contribution in [0.5, 0.6) is 0 Å². The molecule has 0 spiro atoms. The number of halogens is 1. The summed E-state index contributed by atoms with van der Waals surface area (Å²) in [6, 6.07) is 3.45. The molecule has 1 aromatic carbocycles. The van der Waals surface area contributed by atoms with Crippen molar-refractivity contribution in [3.8, 4) is 0 Å². The van der Waals surface area contributed by atoms with E-state index in [9.17, 15) is 17.1 Å². The molecule has 0 aliphatic carbocycles. The van der Waals surface area contributed by atoms with Gasteiger partial charge in [-0.3, -0.25) is 0 Å². The van der Waals surface area contributed by atoms with Crippen molar-refractivity contribution in [2.24, 2.45) is 0 Å². The van der Waals surface area contributed by atoms with E-state index in [0.717, 1.165) is 12.1 Å². The third-order valence-electron chi connectivity index (χ3n) is 2.07. The monoisotopic (exact) mass is 276 g/mol. The molecule has 1 rings (SSSR count). The van der Waals surface area contributed by atoms with E-state index >= 15 is 0 Å². The van der Waals surface area contributed by atoms with Crippen molar-refractivity contribution in [1.29, 1.82) is 0 Å². The van der Waals surface area contributed by atoms with Crippen LogP contribution in [0.15, 0.2) is 23.1 Å². The molecule has 100 valence electrons. The number of carbonyl (C=O) groups is 1. The average Bonchev–Trinajstić information content (AvgIpc) is 2.28. The molecule has 7 heteroatoms. The lowest BCUT2D eigenvalue weighted by atomic mass is 10.1. The predicted octanol–water partition coefficient (Wildman–Crippen LogP) is 1.67. The van der Waals surface area contributed by atoms with Crippen molar-refractivity contribution < 1.29 is 26.6 Å². The molecule has 0 aliphatic rings. The quantitative estimate of drug-likeness (QED) is 0.604. The van der Waals surface area contributed by atoms with Gasteiger partial charge in [-0.05, 0) is 30.7 Å². The summed E-state index contributed by atoms with van der Waals surface area (Å²) in [5.74, 6) is -0.708. The first-order valence-electron chi connectivity index (χ1n) is 5.13. The third kappa shape index (κ3) is 3.78. The van der Waals surface area contributed by atoms with Gasteiger partial charge in [0.15, 0.2) is 0 Å². The van der Waals surface area contributed by atoms with Crippen molar-refractivity contribution in [3.05, 3.63) is 29.3 Å². The van der Waals surface area contributed by atoms with E-state index in [2.05, 4.69) is 0 Å². The highest BCUT2D eigenvalue weighted by atomic mass is 32.3. The zero-order valence-electron chi connectivity index (χ0n) is 9.97. The number of methoxy groups -OCH3 is 1. The average molecular weight is 276 g/mol. The molecule has 0 N–H and O–H groups in total. The minimum atomic E-state index is -4.88. The normalized spacial score (nSPS) is 11.3. The number of hydrogen-bond acceptors (Lipinski definition) is 5. The van der Waals surface area contributed by atoms with E-state index in [1.54, 1.807) is 6.92 Å². The number of carbonyl (C=O) groups excluding carboxylic acids is 1. The van der Waals surface area contributed by atoms with Crippen LogP contribution in [0.4, 0.5) is 3.89 Å². The first kappa shape index (κ1) is 14.6. The highest BCUT2D eigenvalue weighted by Crippen LogP contribution is 2.18. The molecule has 0 saturated heterocycles. The van der Waals surface area contributed by atoms with Gasteiger partial charge in [-0.25, -0.2) is 4.79 Å². The van der Waals surface area contributed by atoms with Crippen LogP contribution in [-0.4, -0.2) is 28.1 Å². The second-order valence-corrected chi connectivity index (χ2v) is 4.80. The topological polar surface area (TPSA) is 69.7 Å². The second kappa shape index (κ2) is 5.92. The Morgan fingerprint density at radius 1 is 1.33 bits per heavy atom. The standard InChI is InChI=1S/C11H13FO5S/c1-3-17-11(13)9-4-8(7-16-2)5-10(6-9)18(12,14)15/h4-6H,3,7H2,1-2H3. The highest BCUT2D eigenvalue weighted by molar-refractivity contribution is 7.86. The minimum Gasteiger partial charge on any atom is -0.462 e. The van der Waals surface area contributed by atoms with Crippen LogP contribution in [0.25, 0.3) is 0 Å². The van der Waals surface area contributed by atoms with Gasteiger partial charge in [0.25, 0.3) is 0 Å². The lowest BCUT2D eigenvalue weighted by Gasteiger charge is -2.06. The first-order chi connectivity index (χ1) is 8.38. The summed E-state index contributed by atoms with van der Waals surface area (Å²) in [5, 5.41) is 0. The van der Waals surface area contributed by atoms with Gasteiger partial charge in [0.1, 0.15) is 0 Å². The molecule has 0 aliphatic heterocycles. The van der Waals surface area contributed by atoms with Gasteiger partial charge in [0.05, 0.1) is 23.7 Å². The van der Waals surface area contributed by atoms with Crippen LogP contribution in [0, 0.1) is 0 Å². The molecular weight excluding hydrogens is 263 g/mol. The maximum Gasteiger partial charge on any atom is 0.338 e. The molecule has 0 amide bonds. The number of ether oxygens (including phenoxy) is 2. The molecule has 1 aromatic rings. The fourth-order valence-electron chi connectivity index (χ4n) is 1.38. The van der Waals surface area contributed by atoms with Crippen LogP contribution in [0.2, 0.25) is 0 Å². The van der Waals surface area contributed by atoms with E-state index in [1.165, 1.54) is 13.2 Å². The Morgan fingerprint density at radius 3 is 2.50 bits per heavy atom. The minimum absolute atomic E-state index is 0.0253. The molecule has 0 fully saturated rings. The van der Waals surface area contributed by atoms with Gasteiger partial charge in [0, 0.05) is 7.11 Å². The zero-order chi connectivity index (χ0) is 13.8. The summed E-state index contributed by atoms with van der Waals surface area (Å²) >= 11 is 0. The SMILES string of the molecule is CCOC(=O)c1cc(COC)cc(S(=O)(=O)F)c1. The van der Waals surface area contributed by atoms with Crippen LogP contribution < -0.4 is 0 Å². The number of rotatable bonds is 5. The molecule has 0 aromatic heterocycles. The smallest absolute Gasteiger partial charge is 0.338 e. The maximum atomic E-state index is 13.0. The summed E-state index contributed by atoms with van der Waals surface area (Å²) < 4.78 is 44.2. The fourth-order valence-corrected chi connectivity index (χ4v) is 1.94. The first-order valence-corrected chi connectivity index (χ1v) is 6.51. The lowest BCUT2D eigenvalue weighted by Crippen LogP contribution is -2.07. The van der Waals surface area contributed by atoms with Gasteiger partial charge in [-0.15, -0.1) is 3.89 Å². The number of esters is 1. The molecule has 0 heterocycles. The van der Waals surface area contributed by atoms with Gasteiger partial charge >= 0.3 is 16.2 Å². The molecular formula is C11H13FO5S. The molecule has 0 saturated carbocycles. The van der Waals surface area contributed by atoms with Crippen LogP contribution >= 0.6 is 0 Å². The molecule has 5 nitrogen and oxygen atoms in total. The lowest BCUT2D eigenvalue weighted by molar-refractivity contribution is 0.0525. The molecule has 18 heavy (non-hydrogen) atoms. The van der Waals surface area contributed by atoms with E-state index in [1.807, 2.05) is 0 Å². The van der Waals surface area contributed by atoms with E-state index in [4.69, 9.17) is 9.47 Å². The maximum absolute atomic E-state index is 13.0. The van der Waals surface area contributed by atoms with Crippen LogP contribution in [0.1, 0.15) is 22.8 Å². The third-order valence-corrected chi connectivity index (χ3v) is 2.87. The van der Waals surface area contributed by atoms with Gasteiger partial charge in [-0.2, -0.15) is 8.42 Å². The summed E-state index contributed by atoms with van der Waals surface area (Å²) in [6.45, 7) is 1.82. The Morgan fingerprint density at radius 2 is 2.00 bits per heavy atom. The van der Waals surface area contributed by atoms with E-state index in [0.29, 0.717) is 5.56 Å². The highest BCUT2D eigenvalue weighted by Gasteiger charge is 2.17. The Kier molecular flexibility index (Phi) is 4.80. The Labute approximate surface area is 105 Å². The van der Waals surface area contributed by atoms with E-state index in [-0.39, 0.29) is 18.8 Å². The molecule has 0 radical (unpaired) electrons. The largest absolute Gasteiger partial charge is 0.462 e. The number of hydrogen-bond donors (Lipinski definition) is 0.